The molecule has 3 nitrogen and oxygen atoms in total. The van der Waals surface area contributed by atoms with E-state index >= 15 is 0 Å². The Balaban J connectivity index is 2.59. The molecule has 0 spiro atoms. The fourth-order valence-electron chi connectivity index (χ4n) is 1.28. The first-order chi connectivity index (χ1) is 7.24. The van der Waals surface area contributed by atoms with Crippen molar-refractivity contribution < 1.29 is 4.74 Å². The summed E-state index contributed by atoms with van der Waals surface area (Å²) >= 11 is 4.53. The third kappa shape index (κ3) is 2.12. The summed E-state index contributed by atoms with van der Waals surface area (Å²) in [4.78, 5) is 0. The predicted octanol–water partition coefficient (Wildman–Crippen LogP) is 3.09. The lowest BCUT2D eigenvalue weighted by molar-refractivity contribution is 0.411. The second kappa shape index (κ2) is 4.69. The lowest BCUT2D eigenvalue weighted by atomic mass is 10.3. The number of hydrogen-bond donors (Lipinski definition) is 0. The number of hydrogen-bond acceptors (Lipinski definition) is 2. The number of methoxy groups -OCH3 is 1. The minimum Gasteiger partial charge on any atom is -0.496 e. The van der Waals surface area contributed by atoms with Crippen LogP contribution in [-0.2, 0) is 0 Å². The smallest absolute Gasteiger partial charge is 0.134 e. The van der Waals surface area contributed by atoms with Gasteiger partial charge in [0.15, 0.2) is 0 Å². The Morgan fingerprint density at radius 1 is 1.27 bits per heavy atom. The van der Waals surface area contributed by atoms with Crippen LogP contribution in [0.2, 0.25) is 0 Å². The van der Waals surface area contributed by atoms with E-state index in [9.17, 15) is 0 Å². The van der Waals surface area contributed by atoms with Crippen LogP contribution in [0.15, 0.2) is 30.5 Å². The maximum absolute atomic E-state index is 5.27. The van der Waals surface area contributed by atoms with Gasteiger partial charge in [-0.3, -0.25) is 0 Å². The molecule has 2 rings (SSSR count). The molecule has 1 heterocycles. The number of aromatic nitrogens is 2. The van der Waals surface area contributed by atoms with Gasteiger partial charge in [0.1, 0.15) is 9.45 Å². The molecule has 0 N–H and O–H groups in total. The molecule has 0 saturated carbocycles. The van der Waals surface area contributed by atoms with Crippen LogP contribution in [0, 0.1) is 7.27 Å². The predicted molar refractivity (Wildman–Crippen MR) is 75.6 cm³/mol. The zero-order valence-corrected chi connectivity index (χ0v) is 12.3. The molecule has 0 atom stereocenters. The molecule has 0 aliphatic heterocycles. The fraction of sp³-hybridized carbons (Fsp3) is 0.100. The quantitative estimate of drug-likeness (QED) is 0.691. The molecule has 15 heavy (non-hydrogen) atoms. The number of nitrogens with zero attached hydrogens (tertiary/aromatic N) is 2. The fourth-order valence-corrected chi connectivity index (χ4v) is 2.64. The molecule has 78 valence electrons. The molecule has 0 unspecified atom stereocenters. The van der Waals surface area contributed by atoms with E-state index in [0.29, 0.717) is 0 Å². The Labute approximate surface area is 115 Å². The van der Waals surface area contributed by atoms with Gasteiger partial charge in [-0.1, -0.05) is 6.07 Å². The monoisotopic (exact) mass is 426 g/mol. The Bertz CT molecular complexity index is 482. The topological polar surface area (TPSA) is 27.1 Å². The summed E-state index contributed by atoms with van der Waals surface area (Å²) in [5, 5.41) is 4.27. The van der Waals surface area contributed by atoms with Crippen LogP contribution in [-0.4, -0.2) is 16.9 Å². The zero-order chi connectivity index (χ0) is 10.8. The largest absolute Gasteiger partial charge is 0.496 e. The molecular formula is C10H8I2N2O. The maximum Gasteiger partial charge on any atom is 0.134 e. The maximum atomic E-state index is 5.27. The average Bonchev–Trinajstić information content (AvgIpc) is 2.65. The third-order valence-corrected chi connectivity index (χ3v) is 3.89. The summed E-state index contributed by atoms with van der Waals surface area (Å²) in [6, 6.07) is 7.91. The van der Waals surface area contributed by atoms with Crippen LogP contribution in [0.4, 0.5) is 0 Å². The van der Waals surface area contributed by atoms with Crippen LogP contribution in [0.25, 0.3) is 5.69 Å². The Morgan fingerprint density at radius 2 is 2.07 bits per heavy atom. The van der Waals surface area contributed by atoms with Crippen molar-refractivity contribution in [3.63, 3.8) is 0 Å². The van der Waals surface area contributed by atoms with Gasteiger partial charge in [0.05, 0.1) is 22.6 Å². The normalized spacial score (nSPS) is 10.3. The van der Waals surface area contributed by atoms with E-state index < -0.39 is 0 Å². The van der Waals surface area contributed by atoms with E-state index in [1.807, 2.05) is 28.9 Å². The van der Waals surface area contributed by atoms with Crippen LogP contribution in [0.1, 0.15) is 0 Å². The van der Waals surface area contributed by atoms with Crippen LogP contribution >= 0.6 is 45.2 Å². The molecule has 0 amide bonds. The van der Waals surface area contributed by atoms with Crippen molar-refractivity contribution in [2.24, 2.45) is 0 Å². The highest BCUT2D eigenvalue weighted by molar-refractivity contribution is 14.1. The van der Waals surface area contributed by atoms with Crippen LogP contribution in [0.3, 0.4) is 0 Å². The van der Waals surface area contributed by atoms with E-state index in [1.165, 1.54) is 0 Å². The van der Waals surface area contributed by atoms with E-state index in [4.69, 9.17) is 4.74 Å². The van der Waals surface area contributed by atoms with E-state index in [0.717, 1.165) is 18.7 Å². The molecule has 0 fully saturated rings. The molecule has 0 radical (unpaired) electrons. The van der Waals surface area contributed by atoms with Crippen molar-refractivity contribution in [3.8, 4) is 11.4 Å². The highest BCUT2D eigenvalue weighted by Gasteiger charge is 2.09. The van der Waals surface area contributed by atoms with Crippen molar-refractivity contribution >= 4 is 45.2 Å². The van der Waals surface area contributed by atoms with Crippen molar-refractivity contribution in [1.82, 2.24) is 9.78 Å². The molecule has 0 aliphatic rings. The van der Waals surface area contributed by atoms with Gasteiger partial charge in [0.25, 0.3) is 0 Å². The molecular weight excluding hydrogens is 418 g/mol. The number of ether oxygens (including phenoxy) is 1. The molecule has 0 saturated heterocycles. The highest BCUT2D eigenvalue weighted by atomic mass is 127. The Hall–Kier alpha value is -0.310. The van der Waals surface area contributed by atoms with Crippen molar-refractivity contribution in [3.05, 3.63) is 37.7 Å². The molecule has 2 aromatic rings. The zero-order valence-electron chi connectivity index (χ0n) is 7.95. The molecule has 0 bridgehead atoms. The SMILES string of the molecule is COc1cccc(-n2nccc2I)c1I. The van der Waals surface area contributed by atoms with Gasteiger partial charge in [0.2, 0.25) is 0 Å². The minimum atomic E-state index is 0.874. The summed E-state index contributed by atoms with van der Waals surface area (Å²) < 4.78 is 9.32. The van der Waals surface area contributed by atoms with Gasteiger partial charge in [0, 0.05) is 0 Å². The summed E-state index contributed by atoms with van der Waals surface area (Å²) in [7, 11) is 1.68. The van der Waals surface area contributed by atoms with Crippen molar-refractivity contribution in [2.45, 2.75) is 0 Å². The standard InChI is InChI=1S/C10H8I2N2O/c1-15-8-4-2-3-7(10(8)12)14-9(11)5-6-13-14/h2-6H,1H3. The molecule has 0 aliphatic carbocycles. The number of halogens is 2. The van der Waals surface area contributed by atoms with Gasteiger partial charge < -0.3 is 4.74 Å². The third-order valence-electron chi connectivity index (χ3n) is 1.99. The first kappa shape index (κ1) is 11.2. The Morgan fingerprint density at radius 3 is 2.67 bits per heavy atom. The van der Waals surface area contributed by atoms with Gasteiger partial charge in [-0.25, -0.2) is 4.68 Å². The second-order valence-electron chi connectivity index (χ2n) is 2.86. The van der Waals surface area contributed by atoms with Gasteiger partial charge in [-0.05, 0) is 63.4 Å². The summed E-state index contributed by atoms with van der Waals surface area (Å²) in [6.07, 6.45) is 1.79. The van der Waals surface area contributed by atoms with Gasteiger partial charge in [-0.15, -0.1) is 0 Å². The van der Waals surface area contributed by atoms with Crippen molar-refractivity contribution in [1.29, 1.82) is 0 Å². The van der Waals surface area contributed by atoms with Crippen LogP contribution < -0.4 is 4.74 Å². The van der Waals surface area contributed by atoms with E-state index in [-0.39, 0.29) is 0 Å². The van der Waals surface area contributed by atoms with Gasteiger partial charge >= 0.3 is 0 Å². The van der Waals surface area contributed by atoms with Crippen LogP contribution in [0.5, 0.6) is 5.75 Å². The summed E-state index contributed by atoms with van der Waals surface area (Å²) in [5.74, 6) is 0.874. The lowest BCUT2D eigenvalue weighted by Gasteiger charge is -2.09. The molecule has 1 aromatic heterocycles. The first-order valence-corrected chi connectivity index (χ1v) is 6.42. The molecule has 5 heteroatoms. The van der Waals surface area contributed by atoms with E-state index in [1.54, 1.807) is 13.3 Å². The first-order valence-electron chi connectivity index (χ1n) is 4.26. The Kier molecular flexibility index (Phi) is 3.49. The average molecular weight is 426 g/mol. The minimum absolute atomic E-state index is 0.874. The molecule has 1 aromatic carbocycles. The second-order valence-corrected chi connectivity index (χ2v) is 5.04. The van der Waals surface area contributed by atoms with Crippen molar-refractivity contribution in [2.75, 3.05) is 7.11 Å². The summed E-state index contributed by atoms with van der Waals surface area (Å²) in [5.41, 5.74) is 1.05. The number of rotatable bonds is 2. The summed E-state index contributed by atoms with van der Waals surface area (Å²) in [6.45, 7) is 0. The lowest BCUT2D eigenvalue weighted by Crippen LogP contribution is -2.02. The van der Waals surface area contributed by atoms with E-state index in [2.05, 4.69) is 50.3 Å². The highest BCUT2D eigenvalue weighted by Crippen LogP contribution is 2.27. The number of benzene rings is 1. The van der Waals surface area contributed by atoms with Gasteiger partial charge in [-0.2, -0.15) is 5.10 Å².